The van der Waals surface area contributed by atoms with Crippen molar-refractivity contribution in [2.75, 3.05) is 26.7 Å². The van der Waals surface area contributed by atoms with Crippen molar-refractivity contribution in [2.24, 2.45) is 5.92 Å². The highest BCUT2D eigenvalue weighted by Gasteiger charge is 2.33. The number of ether oxygens (including phenoxy) is 2. The summed E-state index contributed by atoms with van der Waals surface area (Å²) in [6, 6.07) is 10.8. The third kappa shape index (κ3) is 4.27. The van der Waals surface area contributed by atoms with E-state index in [4.69, 9.17) is 21.1 Å². The van der Waals surface area contributed by atoms with E-state index in [1.807, 2.05) is 12.1 Å². The van der Waals surface area contributed by atoms with Crippen LogP contribution in [0.1, 0.15) is 24.0 Å². The first-order chi connectivity index (χ1) is 13.6. The fraction of sp³-hybridized carbons (Fsp3) is 0.455. The Bertz CT molecular complexity index is 824. The zero-order valence-corrected chi connectivity index (χ0v) is 16.8. The third-order valence-electron chi connectivity index (χ3n) is 5.88. The maximum Gasteiger partial charge on any atom is 0.166 e. The molecular formula is C22H26ClFN2O2. The first-order valence-electron chi connectivity index (χ1n) is 9.82. The predicted molar refractivity (Wildman–Crippen MR) is 109 cm³/mol. The number of hydrogen-bond acceptors (Lipinski definition) is 4. The Morgan fingerprint density at radius 3 is 2.68 bits per heavy atom. The summed E-state index contributed by atoms with van der Waals surface area (Å²) >= 11 is 6.14. The van der Waals surface area contributed by atoms with E-state index >= 15 is 0 Å². The lowest BCUT2D eigenvalue weighted by Gasteiger charge is -2.45. The smallest absolute Gasteiger partial charge is 0.166 e. The van der Waals surface area contributed by atoms with Crippen LogP contribution >= 0.6 is 11.6 Å². The normalized spacial score (nSPS) is 23.6. The lowest BCUT2D eigenvalue weighted by Crippen LogP contribution is -2.55. The van der Waals surface area contributed by atoms with Crippen molar-refractivity contribution in [2.45, 2.75) is 32.0 Å². The van der Waals surface area contributed by atoms with E-state index in [-0.39, 0.29) is 12.4 Å². The molecule has 0 aromatic heterocycles. The molecule has 0 amide bonds. The Balaban J connectivity index is 1.46. The van der Waals surface area contributed by atoms with Crippen molar-refractivity contribution in [1.29, 1.82) is 0 Å². The highest BCUT2D eigenvalue weighted by atomic mass is 35.5. The fourth-order valence-corrected chi connectivity index (χ4v) is 4.47. The molecule has 2 bridgehead atoms. The molecule has 4 nitrogen and oxygen atoms in total. The van der Waals surface area contributed by atoms with Gasteiger partial charge < -0.3 is 19.7 Å². The minimum Gasteiger partial charge on any atom is -0.493 e. The number of halogens is 2. The molecule has 1 atom stereocenters. The largest absolute Gasteiger partial charge is 0.493 e. The van der Waals surface area contributed by atoms with Crippen LogP contribution in [0.2, 0.25) is 5.02 Å². The molecule has 0 radical (unpaired) electrons. The molecule has 28 heavy (non-hydrogen) atoms. The average molecular weight is 405 g/mol. The van der Waals surface area contributed by atoms with Crippen molar-refractivity contribution in [3.8, 4) is 11.5 Å². The van der Waals surface area contributed by atoms with E-state index in [0.717, 1.165) is 30.1 Å². The van der Waals surface area contributed by atoms with Gasteiger partial charge in [0.25, 0.3) is 0 Å². The molecule has 3 aliphatic heterocycles. The summed E-state index contributed by atoms with van der Waals surface area (Å²) in [5.74, 6) is 1.80. The number of para-hydroxylation sites is 1. The Morgan fingerprint density at radius 2 is 2.00 bits per heavy atom. The summed E-state index contributed by atoms with van der Waals surface area (Å²) in [5, 5.41) is 4.09. The van der Waals surface area contributed by atoms with Crippen LogP contribution in [0.4, 0.5) is 4.39 Å². The molecule has 3 heterocycles. The van der Waals surface area contributed by atoms with E-state index in [2.05, 4.69) is 16.3 Å². The maximum atomic E-state index is 13.3. The van der Waals surface area contributed by atoms with E-state index < -0.39 is 0 Å². The quantitative estimate of drug-likeness (QED) is 0.748. The monoisotopic (exact) mass is 404 g/mol. The summed E-state index contributed by atoms with van der Waals surface area (Å²) in [5.41, 5.74) is 1.79. The second-order valence-electron chi connectivity index (χ2n) is 7.60. The van der Waals surface area contributed by atoms with Gasteiger partial charge in [0.1, 0.15) is 12.4 Å². The molecule has 3 fully saturated rings. The van der Waals surface area contributed by atoms with E-state index in [1.165, 1.54) is 38.1 Å². The summed E-state index contributed by atoms with van der Waals surface area (Å²) < 4.78 is 24.9. The molecule has 150 valence electrons. The molecular weight excluding hydrogens is 379 g/mol. The standard InChI is InChI=1S/C22H26ClFN2O2/c1-27-21-4-2-3-16(12-25-20-13-26-9-7-15(20)8-10-26)22(21)28-14-17-5-6-18(24)11-19(17)23/h2-6,11,15,20,25H,7-10,12-14H2,1H3. The van der Waals surface area contributed by atoms with Crippen molar-refractivity contribution in [1.82, 2.24) is 10.2 Å². The van der Waals surface area contributed by atoms with Crippen LogP contribution in [-0.4, -0.2) is 37.7 Å². The number of rotatable bonds is 7. The second-order valence-corrected chi connectivity index (χ2v) is 8.01. The van der Waals surface area contributed by atoms with Crippen LogP contribution in [0, 0.1) is 11.7 Å². The SMILES string of the molecule is COc1cccc(CNC2CN3CCC2CC3)c1OCc1ccc(F)cc1Cl. The van der Waals surface area contributed by atoms with Crippen molar-refractivity contribution >= 4 is 11.6 Å². The van der Waals surface area contributed by atoms with E-state index in [9.17, 15) is 4.39 Å². The van der Waals surface area contributed by atoms with Gasteiger partial charge in [-0.2, -0.15) is 0 Å². The first kappa shape index (κ1) is 19.5. The number of fused-ring (bicyclic) bond motifs is 3. The second kappa shape index (κ2) is 8.68. The van der Waals surface area contributed by atoms with Crippen LogP contribution in [0.3, 0.4) is 0 Å². The molecule has 2 aromatic rings. The summed E-state index contributed by atoms with van der Waals surface area (Å²) in [6.07, 6.45) is 2.56. The predicted octanol–water partition coefficient (Wildman–Crippen LogP) is 4.25. The van der Waals surface area contributed by atoms with Crippen molar-refractivity contribution < 1.29 is 13.9 Å². The van der Waals surface area contributed by atoms with Gasteiger partial charge in [0.05, 0.1) is 12.1 Å². The minimum absolute atomic E-state index is 0.256. The zero-order valence-electron chi connectivity index (χ0n) is 16.1. The van der Waals surface area contributed by atoms with Gasteiger partial charge in [-0.1, -0.05) is 29.8 Å². The topological polar surface area (TPSA) is 33.7 Å². The zero-order chi connectivity index (χ0) is 19.5. The summed E-state index contributed by atoms with van der Waals surface area (Å²) in [4.78, 5) is 2.54. The lowest BCUT2D eigenvalue weighted by atomic mass is 9.84. The molecule has 0 aliphatic carbocycles. The van der Waals surface area contributed by atoms with Gasteiger partial charge in [-0.05, 0) is 50.0 Å². The van der Waals surface area contributed by atoms with Gasteiger partial charge in [0.2, 0.25) is 0 Å². The van der Waals surface area contributed by atoms with Crippen molar-refractivity contribution in [3.05, 3.63) is 58.4 Å². The van der Waals surface area contributed by atoms with Crippen LogP contribution in [-0.2, 0) is 13.2 Å². The number of nitrogens with zero attached hydrogens (tertiary/aromatic N) is 1. The molecule has 3 saturated heterocycles. The molecule has 1 unspecified atom stereocenters. The molecule has 2 aromatic carbocycles. The van der Waals surface area contributed by atoms with Crippen LogP contribution in [0.5, 0.6) is 11.5 Å². The van der Waals surface area contributed by atoms with Crippen LogP contribution in [0.15, 0.2) is 36.4 Å². The molecule has 5 rings (SSSR count). The number of benzene rings is 2. The van der Waals surface area contributed by atoms with Gasteiger partial charge in [-0.25, -0.2) is 4.39 Å². The lowest BCUT2D eigenvalue weighted by molar-refractivity contribution is 0.0718. The number of nitrogens with one attached hydrogen (secondary N) is 1. The third-order valence-corrected chi connectivity index (χ3v) is 6.23. The Morgan fingerprint density at radius 1 is 1.18 bits per heavy atom. The van der Waals surface area contributed by atoms with Gasteiger partial charge in [-0.3, -0.25) is 0 Å². The molecule has 0 saturated carbocycles. The summed E-state index contributed by atoms with van der Waals surface area (Å²) in [6.45, 7) is 4.56. The Kier molecular flexibility index (Phi) is 6.04. The highest BCUT2D eigenvalue weighted by molar-refractivity contribution is 6.31. The van der Waals surface area contributed by atoms with E-state index in [1.54, 1.807) is 13.2 Å². The molecule has 3 aliphatic rings. The van der Waals surface area contributed by atoms with Crippen LogP contribution < -0.4 is 14.8 Å². The number of piperidine rings is 3. The fourth-order valence-electron chi connectivity index (χ4n) is 4.25. The van der Waals surface area contributed by atoms with E-state index in [0.29, 0.717) is 22.6 Å². The highest BCUT2D eigenvalue weighted by Crippen LogP contribution is 2.33. The van der Waals surface area contributed by atoms with Gasteiger partial charge >= 0.3 is 0 Å². The van der Waals surface area contributed by atoms with Gasteiger partial charge in [0, 0.05) is 30.3 Å². The molecule has 1 N–H and O–H groups in total. The van der Waals surface area contributed by atoms with Crippen molar-refractivity contribution in [3.63, 3.8) is 0 Å². The molecule has 6 heteroatoms. The van der Waals surface area contributed by atoms with Gasteiger partial charge in [-0.15, -0.1) is 0 Å². The average Bonchev–Trinajstić information content (AvgIpc) is 2.72. The van der Waals surface area contributed by atoms with Gasteiger partial charge in [0.15, 0.2) is 11.5 Å². The van der Waals surface area contributed by atoms with Crippen LogP contribution in [0.25, 0.3) is 0 Å². The maximum absolute atomic E-state index is 13.3. The summed E-state index contributed by atoms with van der Waals surface area (Å²) in [7, 11) is 1.64. The Labute approximate surface area is 170 Å². The Hall–Kier alpha value is -1.82. The molecule has 0 spiro atoms. The minimum atomic E-state index is -0.353. The first-order valence-corrected chi connectivity index (χ1v) is 10.2. The number of hydrogen-bond donors (Lipinski definition) is 1. The number of methoxy groups -OCH3 is 1.